The molecule has 0 fully saturated rings. The highest BCUT2D eigenvalue weighted by atomic mass is 35.5. The summed E-state index contributed by atoms with van der Waals surface area (Å²) in [4.78, 5) is 10.6. The fourth-order valence-corrected chi connectivity index (χ4v) is 2.81. The average Bonchev–Trinajstić information content (AvgIpc) is 2.86. The molecule has 1 aromatic carbocycles. The molecule has 0 radical (unpaired) electrons. The van der Waals surface area contributed by atoms with E-state index in [0.717, 1.165) is 18.0 Å². The van der Waals surface area contributed by atoms with Gasteiger partial charge in [0.2, 0.25) is 0 Å². The van der Waals surface area contributed by atoms with E-state index in [4.69, 9.17) is 11.6 Å². The summed E-state index contributed by atoms with van der Waals surface area (Å²) in [7, 11) is 0. The van der Waals surface area contributed by atoms with Gasteiger partial charge >= 0.3 is 0 Å². The van der Waals surface area contributed by atoms with Crippen molar-refractivity contribution in [2.24, 2.45) is 0 Å². The Labute approximate surface area is 131 Å². The summed E-state index contributed by atoms with van der Waals surface area (Å²) >= 11 is 7.17. The topological polar surface area (TPSA) is 81.0 Å². The van der Waals surface area contributed by atoms with Gasteiger partial charge in [-0.3, -0.25) is 10.1 Å². The Morgan fingerprint density at radius 3 is 2.86 bits per heavy atom. The summed E-state index contributed by atoms with van der Waals surface area (Å²) in [5, 5.41) is 24.2. The number of hydrogen-bond acceptors (Lipinski definition) is 6. The van der Waals surface area contributed by atoms with Crippen molar-refractivity contribution in [3.8, 4) is 10.6 Å². The fourth-order valence-electron chi connectivity index (χ4n) is 1.77. The van der Waals surface area contributed by atoms with E-state index in [9.17, 15) is 10.1 Å². The minimum Gasteiger partial charge on any atom is -0.314 e. The average molecular weight is 327 g/mol. The molecule has 0 aliphatic heterocycles. The Kier molecular flexibility index (Phi) is 5.22. The van der Waals surface area contributed by atoms with Gasteiger partial charge in [-0.2, -0.15) is 0 Å². The van der Waals surface area contributed by atoms with Gasteiger partial charge in [0.05, 0.1) is 10.5 Å². The molecule has 2 aromatic rings. The van der Waals surface area contributed by atoms with Crippen molar-refractivity contribution in [1.29, 1.82) is 0 Å². The maximum Gasteiger partial charge on any atom is 0.281 e. The molecule has 1 N–H and O–H groups in total. The number of hydrogen-bond donors (Lipinski definition) is 1. The van der Waals surface area contributed by atoms with E-state index in [2.05, 4.69) is 29.4 Å². The molecule has 0 aliphatic rings. The van der Waals surface area contributed by atoms with Gasteiger partial charge in [0.1, 0.15) is 5.01 Å². The van der Waals surface area contributed by atoms with Crippen molar-refractivity contribution in [2.45, 2.75) is 26.3 Å². The summed E-state index contributed by atoms with van der Waals surface area (Å²) < 4.78 is 0. The number of nitrogens with one attached hydrogen (secondary N) is 1. The first-order chi connectivity index (χ1) is 9.97. The Bertz CT molecular complexity index is 645. The van der Waals surface area contributed by atoms with E-state index >= 15 is 0 Å². The highest BCUT2D eigenvalue weighted by Gasteiger charge is 2.19. The first kappa shape index (κ1) is 15.8. The van der Waals surface area contributed by atoms with Crippen LogP contribution in [0.4, 0.5) is 5.69 Å². The molecule has 21 heavy (non-hydrogen) atoms. The number of benzene rings is 1. The van der Waals surface area contributed by atoms with Gasteiger partial charge in [-0.25, -0.2) is 0 Å². The number of aromatic nitrogens is 2. The fraction of sp³-hybridized carbons (Fsp3) is 0.385. The van der Waals surface area contributed by atoms with Gasteiger partial charge in [-0.05, 0) is 12.1 Å². The summed E-state index contributed by atoms with van der Waals surface area (Å²) in [6.07, 6.45) is 0.747. The maximum atomic E-state index is 11.1. The minimum atomic E-state index is -0.456. The number of nitro benzene ring substituents is 1. The smallest absolute Gasteiger partial charge is 0.281 e. The molecule has 0 bridgehead atoms. The molecular formula is C13H15ClN4O2S. The SMILES string of the molecule is CC(C)NCCc1nnc(-c2ccc(Cl)cc2[N+](=O)[O-])s1. The van der Waals surface area contributed by atoms with E-state index in [1.807, 2.05) is 0 Å². The molecule has 0 saturated heterocycles. The highest BCUT2D eigenvalue weighted by Crippen LogP contribution is 2.33. The summed E-state index contributed by atoms with van der Waals surface area (Å²) in [6, 6.07) is 4.97. The zero-order valence-electron chi connectivity index (χ0n) is 11.7. The third kappa shape index (κ3) is 4.20. The standard InChI is InChI=1S/C13H15ClN4O2S/c1-8(2)15-6-5-12-16-17-13(21-12)10-4-3-9(14)7-11(10)18(19)20/h3-4,7-8,15H,5-6H2,1-2H3. The van der Waals surface area contributed by atoms with E-state index < -0.39 is 4.92 Å². The van der Waals surface area contributed by atoms with Gasteiger partial charge in [0, 0.05) is 30.1 Å². The number of rotatable bonds is 6. The predicted octanol–water partition coefficient (Wildman–Crippen LogP) is 3.31. The van der Waals surface area contributed by atoms with Gasteiger partial charge in [0.15, 0.2) is 5.01 Å². The lowest BCUT2D eigenvalue weighted by molar-refractivity contribution is -0.384. The van der Waals surface area contributed by atoms with Gasteiger partial charge in [-0.1, -0.05) is 36.8 Å². The van der Waals surface area contributed by atoms with Crippen LogP contribution >= 0.6 is 22.9 Å². The lowest BCUT2D eigenvalue weighted by Gasteiger charge is -2.05. The lowest BCUT2D eigenvalue weighted by Crippen LogP contribution is -2.24. The maximum absolute atomic E-state index is 11.1. The predicted molar refractivity (Wildman–Crippen MR) is 83.9 cm³/mol. The van der Waals surface area contributed by atoms with Crippen molar-refractivity contribution in [3.63, 3.8) is 0 Å². The monoisotopic (exact) mass is 326 g/mol. The molecule has 0 spiro atoms. The van der Waals surface area contributed by atoms with Crippen LogP contribution in [0, 0.1) is 10.1 Å². The van der Waals surface area contributed by atoms with E-state index in [1.165, 1.54) is 17.4 Å². The highest BCUT2D eigenvalue weighted by molar-refractivity contribution is 7.14. The van der Waals surface area contributed by atoms with Crippen molar-refractivity contribution in [3.05, 3.63) is 38.3 Å². The third-order valence-corrected chi connectivity index (χ3v) is 4.00. The summed E-state index contributed by atoms with van der Waals surface area (Å²) in [5.74, 6) is 0. The van der Waals surface area contributed by atoms with Crippen molar-refractivity contribution >= 4 is 28.6 Å². The van der Waals surface area contributed by atoms with E-state index in [1.54, 1.807) is 12.1 Å². The van der Waals surface area contributed by atoms with E-state index in [0.29, 0.717) is 21.6 Å². The van der Waals surface area contributed by atoms with Crippen LogP contribution in [0.3, 0.4) is 0 Å². The van der Waals surface area contributed by atoms with Crippen LogP contribution in [0.2, 0.25) is 5.02 Å². The van der Waals surface area contributed by atoms with Gasteiger partial charge in [0.25, 0.3) is 5.69 Å². The quantitative estimate of drug-likeness (QED) is 0.650. The summed E-state index contributed by atoms with van der Waals surface area (Å²) in [6.45, 7) is 4.94. The number of nitrogens with zero attached hydrogens (tertiary/aromatic N) is 3. The molecule has 0 aliphatic carbocycles. The second kappa shape index (κ2) is 6.93. The van der Waals surface area contributed by atoms with Crippen molar-refractivity contribution < 1.29 is 4.92 Å². The zero-order chi connectivity index (χ0) is 15.4. The first-order valence-corrected chi connectivity index (χ1v) is 7.67. The molecule has 0 atom stereocenters. The van der Waals surface area contributed by atoms with Crippen molar-refractivity contribution in [2.75, 3.05) is 6.54 Å². The second-order valence-corrected chi connectivity index (χ2v) is 6.28. The molecule has 1 aromatic heterocycles. The van der Waals surface area contributed by atoms with E-state index in [-0.39, 0.29) is 5.69 Å². The second-order valence-electron chi connectivity index (χ2n) is 4.78. The Balaban J connectivity index is 2.19. The molecule has 2 rings (SSSR count). The van der Waals surface area contributed by atoms with Crippen LogP contribution in [0.15, 0.2) is 18.2 Å². The molecule has 6 nitrogen and oxygen atoms in total. The zero-order valence-corrected chi connectivity index (χ0v) is 13.2. The number of nitro groups is 1. The molecular weight excluding hydrogens is 312 g/mol. The Morgan fingerprint density at radius 2 is 2.19 bits per heavy atom. The number of halogens is 1. The molecule has 0 saturated carbocycles. The third-order valence-electron chi connectivity index (χ3n) is 2.75. The van der Waals surface area contributed by atoms with Crippen LogP contribution in [-0.4, -0.2) is 27.7 Å². The molecule has 112 valence electrons. The Morgan fingerprint density at radius 1 is 1.43 bits per heavy atom. The lowest BCUT2D eigenvalue weighted by atomic mass is 10.2. The minimum absolute atomic E-state index is 0.0505. The molecule has 1 heterocycles. The van der Waals surface area contributed by atoms with Crippen LogP contribution in [0.5, 0.6) is 0 Å². The van der Waals surface area contributed by atoms with Gasteiger partial charge < -0.3 is 5.32 Å². The molecule has 8 heteroatoms. The normalized spacial score (nSPS) is 11.0. The first-order valence-electron chi connectivity index (χ1n) is 6.47. The van der Waals surface area contributed by atoms with Crippen molar-refractivity contribution in [1.82, 2.24) is 15.5 Å². The Hall–Kier alpha value is -1.57. The molecule has 0 amide bonds. The van der Waals surface area contributed by atoms with Gasteiger partial charge in [-0.15, -0.1) is 10.2 Å². The van der Waals surface area contributed by atoms with Crippen LogP contribution in [0.25, 0.3) is 10.6 Å². The largest absolute Gasteiger partial charge is 0.314 e. The van der Waals surface area contributed by atoms with Crippen LogP contribution < -0.4 is 5.32 Å². The van der Waals surface area contributed by atoms with Crippen LogP contribution in [0.1, 0.15) is 18.9 Å². The molecule has 0 unspecified atom stereocenters. The summed E-state index contributed by atoms with van der Waals surface area (Å²) in [5.41, 5.74) is 0.399. The van der Waals surface area contributed by atoms with Crippen LogP contribution in [-0.2, 0) is 6.42 Å².